The molecule has 4 aliphatic carbocycles. The summed E-state index contributed by atoms with van der Waals surface area (Å²) in [6.07, 6.45) is 6.31. The molecule has 256 valence electrons. The van der Waals surface area contributed by atoms with E-state index in [2.05, 4.69) is 44.1 Å². The molecular weight excluding hydrogens is 624 g/mol. The maximum Gasteiger partial charge on any atom is 0.276 e. The van der Waals surface area contributed by atoms with Crippen LogP contribution >= 0.6 is 0 Å². The number of aromatic hydroxyl groups is 1. The van der Waals surface area contributed by atoms with Gasteiger partial charge in [0.2, 0.25) is 11.3 Å². The van der Waals surface area contributed by atoms with Gasteiger partial charge in [-0.3, -0.25) is 14.4 Å². The minimum Gasteiger partial charge on any atom is -0.504 e. The zero-order valence-electron chi connectivity index (χ0n) is 28.6. The van der Waals surface area contributed by atoms with Crippen LogP contribution in [-0.4, -0.2) is 87.0 Å². The van der Waals surface area contributed by atoms with Gasteiger partial charge in [0.15, 0.2) is 28.4 Å². The number of piperazine rings is 1. The van der Waals surface area contributed by atoms with Crippen molar-refractivity contribution in [3.63, 3.8) is 0 Å². The Labute approximate surface area is 283 Å². The molecule has 5 aliphatic rings. The molecule has 0 radical (unpaired) electrons. The lowest BCUT2D eigenvalue weighted by molar-refractivity contribution is -0.187. The molecule has 5 heterocycles. The minimum atomic E-state index is -0.348. The monoisotopic (exact) mass is 666 g/mol. The van der Waals surface area contributed by atoms with Gasteiger partial charge in [-0.2, -0.15) is 0 Å². The average Bonchev–Trinajstić information content (AvgIpc) is 3.47. The first-order valence-electron chi connectivity index (χ1n) is 17.3. The topological polar surface area (TPSA) is 164 Å². The standard InChI is InChI=1S/C35H42N10O4/c1-6-22-29(42-12-13-43(24-11-10-23(24)42)33(49)28-30(47)21(5)36-18-37-28)31(48)27-32(41-45(40-27)25-9-7-8-20(4)38-25)44(22)14-26(46)39-35-15-34(16-35,17-35)19(2)3/h7-9,18-19,23-24,47H,6,10-17H2,1-5H3,(H,39,46)/t23-,24-,34?,35?/m0/s1. The maximum atomic E-state index is 14.5. The Hall–Kier alpha value is -4.88. The van der Waals surface area contributed by atoms with E-state index in [1.165, 1.54) is 11.1 Å². The van der Waals surface area contributed by atoms with Gasteiger partial charge in [-0.15, -0.1) is 15.0 Å². The smallest absolute Gasteiger partial charge is 0.276 e. The highest BCUT2D eigenvalue weighted by Gasteiger charge is 2.69. The molecule has 14 nitrogen and oxygen atoms in total. The zero-order valence-corrected chi connectivity index (χ0v) is 28.6. The number of nitrogens with one attached hydrogen (secondary N) is 1. The Balaban J connectivity index is 1.17. The van der Waals surface area contributed by atoms with Crippen molar-refractivity contribution in [3.8, 4) is 11.6 Å². The zero-order chi connectivity index (χ0) is 34.4. The quantitative estimate of drug-likeness (QED) is 0.286. The Kier molecular flexibility index (Phi) is 7.09. The van der Waals surface area contributed by atoms with Gasteiger partial charge in [0.25, 0.3) is 5.91 Å². The number of hydrogen-bond acceptors (Lipinski definition) is 10. The Bertz CT molecular complexity index is 2070. The van der Waals surface area contributed by atoms with Crippen LogP contribution in [0.15, 0.2) is 29.3 Å². The molecule has 0 aromatic carbocycles. The first kappa shape index (κ1) is 31.4. The highest BCUT2D eigenvalue weighted by Crippen LogP contribution is 2.70. The lowest BCUT2D eigenvalue weighted by Crippen LogP contribution is -2.76. The van der Waals surface area contributed by atoms with Crippen LogP contribution in [0.2, 0.25) is 0 Å². The molecule has 2 N–H and O–H groups in total. The normalized spacial score (nSPS) is 25.4. The molecule has 1 aliphatic heterocycles. The number of aromatic nitrogens is 7. The summed E-state index contributed by atoms with van der Waals surface area (Å²) in [7, 11) is 0. The van der Waals surface area contributed by atoms with Gasteiger partial charge in [-0.05, 0) is 75.8 Å². The first-order chi connectivity index (χ1) is 23.4. The van der Waals surface area contributed by atoms with Crippen LogP contribution in [-0.2, 0) is 17.8 Å². The van der Waals surface area contributed by atoms with Crippen LogP contribution in [0.5, 0.6) is 5.75 Å². The molecule has 0 unspecified atom stereocenters. The number of carbonyl (C=O) groups is 2. The van der Waals surface area contributed by atoms with E-state index in [9.17, 15) is 19.5 Å². The van der Waals surface area contributed by atoms with E-state index >= 15 is 0 Å². The molecule has 0 spiro atoms. The van der Waals surface area contributed by atoms with Gasteiger partial charge in [0.05, 0.1) is 11.7 Å². The predicted molar refractivity (Wildman–Crippen MR) is 181 cm³/mol. The van der Waals surface area contributed by atoms with Crippen LogP contribution in [0, 0.1) is 25.2 Å². The lowest BCUT2D eigenvalue weighted by Gasteiger charge is -2.72. The lowest BCUT2D eigenvalue weighted by atomic mass is 9.36. The number of hydrogen-bond donors (Lipinski definition) is 2. The van der Waals surface area contributed by atoms with Crippen molar-refractivity contribution in [2.75, 3.05) is 18.0 Å². The van der Waals surface area contributed by atoms with E-state index in [4.69, 9.17) is 5.10 Å². The van der Waals surface area contributed by atoms with Crippen molar-refractivity contribution in [2.45, 2.75) is 97.3 Å². The number of amides is 2. The molecule has 2 bridgehead atoms. The summed E-state index contributed by atoms with van der Waals surface area (Å²) in [6, 6.07) is 5.24. The van der Waals surface area contributed by atoms with E-state index in [-0.39, 0.29) is 58.4 Å². The second-order valence-corrected chi connectivity index (χ2v) is 14.8. The summed E-state index contributed by atoms with van der Waals surface area (Å²) in [5.41, 5.74) is 2.78. The number of rotatable bonds is 8. The first-order valence-corrected chi connectivity index (χ1v) is 17.3. The molecule has 4 aromatic heterocycles. The van der Waals surface area contributed by atoms with Crippen LogP contribution in [0.4, 0.5) is 5.69 Å². The van der Waals surface area contributed by atoms with Crippen molar-refractivity contribution in [1.29, 1.82) is 0 Å². The van der Waals surface area contributed by atoms with Gasteiger partial charge in [0, 0.05) is 36.1 Å². The summed E-state index contributed by atoms with van der Waals surface area (Å²) in [4.78, 5) is 59.8. The van der Waals surface area contributed by atoms with Crippen molar-refractivity contribution >= 4 is 28.7 Å². The number of aryl methyl sites for hydroxylation is 2. The molecular formula is C35H42N10O4. The van der Waals surface area contributed by atoms with Crippen molar-refractivity contribution in [3.05, 3.63) is 57.5 Å². The Morgan fingerprint density at radius 2 is 1.82 bits per heavy atom. The van der Waals surface area contributed by atoms with E-state index in [1.807, 2.05) is 30.5 Å². The molecule has 49 heavy (non-hydrogen) atoms. The van der Waals surface area contributed by atoms with E-state index in [0.29, 0.717) is 59.4 Å². The summed E-state index contributed by atoms with van der Waals surface area (Å²) in [6.45, 7) is 10.7. The van der Waals surface area contributed by atoms with Gasteiger partial charge < -0.3 is 24.8 Å². The molecule has 9 rings (SSSR count). The largest absolute Gasteiger partial charge is 0.504 e. The highest BCUT2D eigenvalue weighted by atomic mass is 16.3. The second kappa shape index (κ2) is 11.1. The van der Waals surface area contributed by atoms with Crippen molar-refractivity contribution < 1.29 is 14.7 Å². The summed E-state index contributed by atoms with van der Waals surface area (Å²) in [5, 5.41) is 23.3. The predicted octanol–water partition coefficient (Wildman–Crippen LogP) is 2.84. The molecule has 1 saturated heterocycles. The van der Waals surface area contributed by atoms with Gasteiger partial charge in [-0.25, -0.2) is 15.0 Å². The third-order valence-electron chi connectivity index (χ3n) is 11.6. The van der Waals surface area contributed by atoms with Gasteiger partial charge in [0.1, 0.15) is 18.6 Å². The van der Waals surface area contributed by atoms with Crippen LogP contribution in [0.3, 0.4) is 0 Å². The molecule has 14 heteroatoms. The maximum absolute atomic E-state index is 14.5. The Morgan fingerprint density at radius 3 is 2.49 bits per heavy atom. The number of nitrogens with zero attached hydrogens (tertiary/aromatic N) is 9. The third kappa shape index (κ3) is 4.73. The SMILES string of the molecule is CCc1c(N2CCN(C(=O)c3ncnc(C)c3O)[C@H]3CC[C@@H]32)c(=O)c2nn(-c3cccc(C)n3)nc2n1CC(=O)NC12CC(C(C)C)(C1)C2. The summed E-state index contributed by atoms with van der Waals surface area (Å²) in [5.74, 6) is 0.400. The average molecular weight is 667 g/mol. The minimum absolute atomic E-state index is 0.00219. The van der Waals surface area contributed by atoms with E-state index in [1.54, 1.807) is 17.9 Å². The summed E-state index contributed by atoms with van der Waals surface area (Å²) < 4.78 is 1.86. The van der Waals surface area contributed by atoms with Gasteiger partial charge >= 0.3 is 0 Å². The molecule has 2 amide bonds. The van der Waals surface area contributed by atoms with E-state index in [0.717, 1.165) is 37.8 Å². The van der Waals surface area contributed by atoms with Crippen LogP contribution in [0.25, 0.3) is 17.0 Å². The molecule has 4 saturated carbocycles. The van der Waals surface area contributed by atoms with Crippen molar-refractivity contribution in [1.82, 2.24) is 44.7 Å². The van der Waals surface area contributed by atoms with Crippen molar-refractivity contribution in [2.24, 2.45) is 11.3 Å². The van der Waals surface area contributed by atoms with Crippen LogP contribution < -0.4 is 15.6 Å². The van der Waals surface area contributed by atoms with Crippen LogP contribution in [0.1, 0.15) is 80.4 Å². The number of carbonyl (C=O) groups excluding carboxylic acids is 2. The number of anilines is 1. The van der Waals surface area contributed by atoms with Gasteiger partial charge in [-0.1, -0.05) is 26.8 Å². The fourth-order valence-corrected chi connectivity index (χ4v) is 8.81. The number of fused-ring (bicyclic) bond motifs is 2. The highest BCUT2D eigenvalue weighted by molar-refractivity contribution is 5.95. The fraction of sp³-hybridized carbons (Fsp3) is 0.543. The third-order valence-corrected chi connectivity index (χ3v) is 11.6. The molecule has 5 fully saturated rings. The second-order valence-electron chi connectivity index (χ2n) is 14.8. The van der Waals surface area contributed by atoms with E-state index < -0.39 is 0 Å². The number of pyridine rings is 2. The molecule has 4 aromatic rings. The Morgan fingerprint density at radius 1 is 1.06 bits per heavy atom. The molecule has 2 atom stereocenters. The summed E-state index contributed by atoms with van der Waals surface area (Å²) >= 11 is 0. The fourth-order valence-electron chi connectivity index (χ4n) is 8.81.